The number of rotatable bonds is 6. The van der Waals surface area contributed by atoms with E-state index >= 15 is 0 Å². The van der Waals surface area contributed by atoms with Gasteiger partial charge in [-0.3, -0.25) is 9.59 Å². The number of hydrogen-bond donors (Lipinski definition) is 1. The predicted molar refractivity (Wildman–Crippen MR) is 124 cm³/mol. The number of carbonyl (C=O) groups is 2. The molecule has 3 fully saturated rings. The van der Waals surface area contributed by atoms with Crippen LogP contribution in [0.1, 0.15) is 32.1 Å². The largest absolute Gasteiger partial charge is 0.455 e. The van der Waals surface area contributed by atoms with E-state index < -0.39 is 0 Å². The number of esters is 1. The van der Waals surface area contributed by atoms with Gasteiger partial charge in [0.2, 0.25) is 0 Å². The van der Waals surface area contributed by atoms with E-state index in [2.05, 4.69) is 34.9 Å². The number of carbonyl (C=O) groups excluding carboxylic acids is 2. The molecule has 30 heavy (non-hydrogen) atoms. The quantitative estimate of drug-likeness (QED) is 0.481. The van der Waals surface area contributed by atoms with Gasteiger partial charge < -0.3 is 10.1 Å². The van der Waals surface area contributed by atoms with Gasteiger partial charge in [0, 0.05) is 16.4 Å². The summed E-state index contributed by atoms with van der Waals surface area (Å²) in [6.07, 6.45) is 5.47. The van der Waals surface area contributed by atoms with Crippen LogP contribution < -0.4 is 5.32 Å². The van der Waals surface area contributed by atoms with Crippen molar-refractivity contribution in [1.29, 1.82) is 5.26 Å². The van der Waals surface area contributed by atoms with Crippen LogP contribution in [0.3, 0.4) is 0 Å². The monoisotopic (exact) mass is 462 g/mol. The van der Waals surface area contributed by atoms with Crippen LogP contribution in [0, 0.1) is 29.1 Å². The van der Waals surface area contributed by atoms with Crippen LogP contribution in [-0.4, -0.2) is 39.8 Å². The highest BCUT2D eigenvalue weighted by Crippen LogP contribution is 2.64. The molecule has 2 saturated carbocycles. The lowest BCUT2D eigenvalue weighted by atomic mass is 9.67. The number of benzene rings is 1. The minimum absolute atomic E-state index is 0.0843. The van der Waals surface area contributed by atoms with E-state index in [-0.39, 0.29) is 24.4 Å². The maximum absolute atomic E-state index is 12.7. The molecule has 5 nitrogen and oxygen atoms in total. The topological polar surface area (TPSA) is 79.2 Å². The fourth-order valence-electron chi connectivity index (χ4n) is 5.05. The number of ether oxygens (including phenoxy) is 1. The predicted octanol–water partition coefficient (Wildman–Crippen LogP) is 4.79. The smallest absolute Gasteiger partial charge is 0.309 e. The molecular formula is C22H26N2O3S3. The first-order chi connectivity index (χ1) is 14.6. The Morgan fingerprint density at radius 3 is 2.60 bits per heavy atom. The lowest BCUT2D eigenvalue weighted by Crippen LogP contribution is -2.48. The number of nitriles is 1. The van der Waals surface area contributed by atoms with Gasteiger partial charge in [-0.25, -0.2) is 0 Å². The zero-order valence-electron chi connectivity index (χ0n) is 16.8. The van der Waals surface area contributed by atoms with Crippen LogP contribution in [-0.2, 0) is 14.3 Å². The van der Waals surface area contributed by atoms with Crippen molar-refractivity contribution in [1.82, 2.24) is 0 Å². The summed E-state index contributed by atoms with van der Waals surface area (Å²) in [5, 5.41) is 11.6. The van der Waals surface area contributed by atoms with Crippen LogP contribution in [0.25, 0.3) is 0 Å². The van der Waals surface area contributed by atoms with Crippen molar-refractivity contribution in [2.45, 2.75) is 41.1 Å². The fraction of sp³-hybridized carbons (Fsp3) is 0.591. The number of para-hydroxylation sites is 1. The Bertz CT molecular complexity index is 819. The third-order valence-corrected chi connectivity index (χ3v) is 11.2. The average Bonchev–Trinajstić information content (AvgIpc) is 3.21. The molecule has 0 radical (unpaired) electrons. The molecule has 160 valence electrons. The van der Waals surface area contributed by atoms with E-state index in [9.17, 15) is 9.59 Å². The Labute approximate surface area is 190 Å². The van der Waals surface area contributed by atoms with E-state index in [0.29, 0.717) is 27.4 Å². The Morgan fingerprint density at radius 1 is 1.20 bits per heavy atom. The molecule has 4 rings (SSSR count). The third-order valence-electron chi connectivity index (χ3n) is 6.25. The Kier molecular flexibility index (Phi) is 7.22. The number of amides is 1. The minimum Gasteiger partial charge on any atom is -0.455 e. The molecule has 1 aromatic rings. The van der Waals surface area contributed by atoms with Crippen LogP contribution in [0.5, 0.6) is 0 Å². The summed E-state index contributed by atoms with van der Waals surface area (Å²) >= 11 is 5.61. The summed E-state index contributed by atoms with van der Waals surface area (Å²) in [7, 11) is 0. The van der Waals surface area contributed by atoms with Gasteiger partial charge in [-0.05, 0) is 49.7 Å². The summed E-state index contributed by atoms with van der Waals surface area (Å²) in [6, 6.07) is 9.43. The van der Waals surface area contributed by atoms with Gasteiger partial charge >= 0.3 is 5.97 Å². The third kappa shape index (κ3) is 4.63. The van der Waals surface area contributed by atoms with E-state index in [0.717, 1.165) is 17.7 Å². The molecule has 8 heteroatoms. The first-order valence-corrected chi connectivity index (χ1v) is 13.4. The highest BCUT2D eigenvalue weighted by atomic mass is 32.2. The minimum atomic E-state index is -0.345. The van der Waals surface area contributed by atoms with Crippen molar-refractivity contribution in [2.24, 2.45) is 17.8 Å². The van der Waals surface area contributed by atoms with Gasteiger partial charge in [-0.2, -0.15) is 5.26 Å². The van der Waals surface area contributed by atoms with Crippen LogP contribution in [0.4, 0.5) is 5.69 Å². The number of nitrogens with zero attached hydrogens (tertiary/aromatic N) is 1. The van der Waals surface area contributed by atoms with Gasteiger partial charge in [0.1, 0.15) is 0 Å². The van der Waals surface area contributed by atoms with Crippen molar-refractivity contribution in [3.8, 4) is 6.07 Å². The van der Waals surface area contributed by atoms with E-state index in [1.807, 2.05) is 18.2 Å². The first kappa shape index (κ1) is 21.9. The molecule has 1 aliphatic heterocycles. The van der Waals surface area contributed by atoms with E-state index in [1.165, 1.54) is 42.5 Å². The summed E-state index contributed by atoms with van der Waals surface area (Å²) in [5.41, 5.74) is 0.642. The molecule has 3 aliphatic rings. The molecule has 1 spiro atoms. The lowest BCUT2D eigenvalue weighted by molar-refractivity contribution is -0.154. The molecule has 0 aromatic heterocycles. The second-order valence-corrected chi connectivity index (χ2v) is 12.0. The maximum Gasteiger partial charge on any atom is 0.309 e. The summed E-state index contributed by atoms with van der Waals surface area (Å²) in [6.45, 7) is -0.267. The standard InChI is InChI=1S/C22H26N2O3S3/c23-8-9-28-19-7-2-1-6-18(19)24-20(25)14-27-21(26)15-12-16-4-3-5-17(13-15)22(16)29-10-11-30-22/h1-2,6-7,15-17H,3-5,9-14H2,(H,24,25)/t15?,16-,17+. The van der Waals surface area contributed by atoms with Crippen molar-refractivity contribution < 1.29 is 14.3 Å². The van der Waals surface area contributed by atoms with Gasteiger partial charge in [0.25, 0.3) is 5.91 Å². The van der Waals surface area contributed by atoms with E-state index in [4.69, 9.17) is 10.00 Å². The molecule has 2 aliphatic carbocycles. The zero-order valence-corrected chi connectivity index (χ0v) is 19.3. The molecule has 1 aromatic carbocycles. The zero-order chi connectivity index (χ0) is 21.0. The second kappa shape index (κ2) is 9.88. The number of hydrogen-bond acceptors (Lipinski definition) is 7. The second-order valence-electron chi connectivity index (χ2n) is 8.01. The van der Waals surface area contributed by atoms with Crippen molar-refractivity contribution in [3.05, 3.63) is 24.3 Å². The molecule has 1 amide bonds. The van der Waals surface area contributed by atoms with E-state index in [1.54, 1.807) is 6.07 Å². The normalized spacial score (nSPS) is 26.7. The molecule has 1 saturated heterocycles. The van der Waals surface area contributed by atoms with Gasteiger partial charge in [-0.15, -0.1) is 35.3 Å². The van der Waals surface area contributed by atoms with Gasteiger partial charge in [-0.1, -0.05) is 18.6 Å². The molecule has 2 bridgehead atoms. The highest BCUT2D eigenvalue weighted by Gasteiger charge is 2.55. The van der Waals surface area contributed by atoms with Crippen molar-refractivity contribution in [2.75, 3.05) is 29.2 Å². The molecule has 1 N–H and O–H groups in total. The van der Waals surface area contributed by atoms with Crippen molar-refractivity contribution >= 4 is 52.8 Å². The Morgan fingerprint density at radius 2 is 1.90 bits per heavy atom. The fourth-order valence-corrected chi connectivity index (χ4v) is 9.65. The SMILES string of the molecule is N#CCSc1ccccc1NC(=O)COC(=O)C1C[C@H]2CCC[C@@H](C1)C21SCCS1. The van der Waals surface area contributed by atoms with Crippen LogP contribution in [0.15, 0.2) is 29.2 Å². The molecule has 1 heterocycles. The van der Waals surface area contributed by atoms with Crippen molar-refractivity contribution in [3.63, 3.8) is 0 Å². The number of thioether (sulfide) groups is 3. The Balaban J connectivity index is 1.30. The highest BCUT2D eigenvalue weighted by molar-refractivity contribution is 8.21. The Hall–Kier alpha value is -1.30. The summed E-state index contributed by atoms with van der Waals surface area (Å²) in [4.78, 5) is 25.9. The molecule has 1 unspecified atom stereocenters. The van der Waals surface area contributed by atoms with Gasteiger partial charge in [0.05, 0.1) is 27.5 Å². The summed E-state index contributed by atoms with van der Waals surface area (Å²) in [5.74, 6) is 3.26. The van der Waals surface area contributed by atoms with Crippen LogP contribution in [0.2, 0.25) is 0 Å². The first-order valence-electron chi connectivity index (χ1n) is 10.5. The average molecular weight is 463 g/mol. The number of nitrogens with one attached hydrogen (secondary N) is 1. The lowest BCUT2D eigenvalue weighted by Gasteiger charge is -2.51. The summed E-state index contributed by atoms with van der Waals surface area (Å²) < 4.78 is 5.76. The number of anilines is 1. The maximum atomic E-state index is 12.7. The van der Waals surface area contributed by atoms with Gasteiger partial charge in [0.15, 0.2) is 6.61 Å². The molecule has 3 atom stereocenters. The van der Waals surface area contributed by atoms with Crippen LogP contribution >= 0.6 is 35.3 Å². The molecular weight excluding hydrogens is 436 g/mol.